The molecular weight excluding hydrogens is 1760 g/mol. The number of hydrogen-bond donors (Lipinski definition) is 11. The molecule has 0 fully saturated rings. The monoisotopic (exact) mass is 1860 g/mol. The number of sulfonamides is 3. The highest BCUT2D eigenvalue weighted by Crippen LogP contribution is 2.42. The van der Waals surface area contributed by atoms with Crippen molar-refractivity contribution in [3.8, 4) is 0 Å². The lowest BCUT2D eigenvalue weighted by molar-refractivity contribution is -0.143. The molecule has 41 heteroatoms. The quantitative estimate of drug-likeness (QED) is 0.0163. The summed E-state index contributed by atoms with van der Waals surface area (Å²) < 4.78 is 127. The Morgan fingerprint density at radius 2 is 0.661 bits per heavy atom. The molecule has 0 unspecified atom stereocenters. The average molecular weight is 1860 g/mol. The zero-order valence-electron chi connectivity index (χ0n) is 67.4. The van der Waals surface area contributed by atoms with Gasteiger partial charge in [0.05, 0.1) is 94.0 Å². The summed E-state index contributed by atoms with van der Waals surface area (Å²) in [6.45, 7) is 3.32. The molecule has 3 heterocycles. The van der Waals surface area contributed by atoms with E-state index in [4.69, 9.17) is 103 Å². The summed E-state index contributed by atoms with van der Waals surface area (Å²) in [5, 5.41) is 31.6. The van der Waals surface area contributed by atoms with Crippen molar-refractivity contribution in [1.29, 1.82) is 0 Å². The Bertz CT molecular complexity index is 4400. The number of aliphatic carboxylic acids is 1. The van der Waals surface area contributed by atoms with Gasteiger partial charge in [0, 0.05) is 152 Å². The van der Waals surface area contributed by atoms with Crippen LogP contribution in [0.4, 0.5) is 14.4 Å². The number of nitrogens with zero attached hydrogens (tertiary/aromatic N) is 3. The fraction of sp³-hybridized carbons (Fsp3) is 0.487. The van der Waals surface area contributed by atoms with Gasteiger partial charge < -0.3 is 90.2 Å². The Kier molecular flexibility index (Phi) is 39.3. The molecule has 3 aliphatic heterocycles. The van der Waals surface area contributed by atoms with E-state index in [9.17, 15) is 54.3 Å². The van der Waals surface area contributed by atoms with Crippen LogP contribution in [0.2, 0.25) is 30.1 Å². The summed E-state index contributed by atoms with van der Waals surface area (Å²) in [6, 6.07) is 29.2. The molecule has 6 aromatic carbocycles. The second-order valence-electron chi connectivity index (χ2n) is 29.2. The minimum absolute atomic E-state index is 0.0142. The summed E-state index contributed by atoms with van der Waals surface area (Å²) in [7, 11) is -5.83. The highest BCUT2D eigenvalue weighted by Gasteiger charge is 2.35. The SMILES string of the molecule is CN1Cc2c(Cl)cc(Cl)cc2[C@H](c2cccc(S(=O)(=O)NCCOCCOCCNC(=O)NCCC(CCNC(=O)NCCOCCOCCNS(=O)(=O)c3cccc([C@@H]4CN(C)Cc5c(Cl)cc(Cl)cc54)c3)(CCNC(=O)NCCOCCOCCNS(=O)(=O)c3cccc([C@@H]4CN(C)Cc5c(Cl)cc(Cl)cc54)c3)NC(=O)COCC(=O)O)c2)C1. The largest absolute Gasteiger partial charge is 0.480 e. The van der Waals surface area contributed by atoms with E-state index < -0.39 is 78.8 Å². The van der Waals surface area contributed by atoms with Gasteiger partial charge in [-0.2, -0.15) is 0 Å². The minimum Gasteiger partial charge on any atom is -0.480 e. The zero-order valence-corrected chi connectivity index (χ0v) is 74.4. The number of carboxylic acid groups (broad SMARTS) is 1. The number of amides is 7. The van der Waals surface area contributed by atoms with Gasteiger partial charge in [0.1, 0.15) is 13.2 Å². The Labute approximate surface area is 736 Å². The summed E-state index contributed by atoms with van der Waals surface area (Å²) in [6.07, 6.45) is 0.0427. The van der Waals surface area contributed by atoms with Crippen LogP contribution in [-0.2, 0) is 92.5 Å². The van der Waals surface area contributed by atoms with Crippen molar-refractivity contribution in [3.05, 3.63) is 189 Å². The van der Waals surface area contributed by atoms with Crippen LogP contribution in [0.25, 0.3) is 0 Å². The van der Waals surface area contributed by atoms with Gasteiger partial charge in [-0.15, -0.1) is 0 Å². The number of fused-ring (bicyclic) bond motifs is 3. The number of benzene rings is 6. The molecule has 32 nitrogen and oxygen atoms in total. The molecule has 0 saturated heterocycles. The maximum absolute atomic E-state index is 13.5. The standard InChI is InChI=1S/C80H105Cl6N13O19S3/c1-97-46-66(63-40-57(81)43-72(84)69(63)49-97)54-7-4-10-60(37-54)119(106,107)93-22-28-115-34-31-112-25-19-90-77(103)87-16-13-80(96-75(100)52-118-53-76(101)102,14-17-88-78(104)91-20-26-113-32-35-116-29-23-94-120(108,109)61-11-5-8-55(38-61)67-47-98(2)50-70-64(67)41-58(82)44-73(70)85)15-18-89-79(105)92-21-27-114-33-36-117-30-24-95-121(110,111)62-12-6-9-56(39-62)68-48-99(3)51-71-65(68)42-59(83)45-74(71)86/h4-12,37-45,66-68,93-95H,13-36,46-53H2,1-3H3,(H,96,100)(H,101,102)(H2,87,90,103)(H2,88,91,104)(H2,89,92,105)/t66-,67-,68-/m0/s1. The number of carbonyl (C=O) groups excluding carboxylic acids is 4. The van der Waals surface area contributed by atoms with Crippen molar-refractivity contribution in [1.82, 2.24) is 66.1 Å². The molecule has 0 bridgehead atoms. The predicted octanol–water partition coefficient (Wildman–Crippen LogP) is 7.70. The Morgan fingerprint density at radius 1 is 0.380 bits per heavy atom. The lowest BCUT2D eigenvalue weighted by Gasteiger charge is -2.35. The fourth-order valence-electron chi connectivity index (χ4n) is 14.3. The number of urea groups is 3. The number of rotatable bonds is 50. The van der Waals surface area contributed by atoms with Gasteiger partial charge in [0.15, 0.2) is 0 Å². The maximum atomic E-state index is 13.5. The van der Waals surface area contributed by atoms with Gasteiger partial charge >= 0.3 is 24.1 Å². The first kappa shape index (κ1) is 97.9. The van der Waals surface area contributed by atoms with Crippen LogP contribution in [0, 0.1) is 0 Å². The number of halogens is 6. The van der Waals surface area contributed by atoms with Crippen molar-refractivity contribution in [2.75, 3.05) is 192 Å². The van der Waals surface area contributed by atoms with Crippen molar-refractivity contribution < 1.29 is 87.5 Å². The Morgan fingerprint density at radius 3 is 0.950 bits per heavy atom. The summed E-state index contributed by atoms with van der Waals surface area (Å²) >= 11 is 38.9. The van der Waals surface area contributed by atoms with Gasteiger partial charge in [0.2, 0.25) is 36.0 Å². The first-order chi connectivity index (χ1) is 57.9. The molecule has 3 aliphatic rings. The van der Waals surface area contributed by atoms with Crippen LogP contribution in [0.15, 0.2) is 124 Å². The van der Waals surface area contributed by atoms with Crippen LogP contribution < -0.4 is 51.4 Å². The van der Waals surface area contributed by atoms with Crippen molar-refractivity contribution in [3.63, 3.8) is 0 Å². The molecule has 11 N–H and O–H groups in total. The van der Waals surface area contributed by atoms with Crippen LogP contribution in [-0.4, -0.2) is 273 Å². The van der Waals surface area contributed by atoms with E-state index in [1.165, 1.54) is 18.2 Å². The molecule has 121 heavy (non-hydrogen) atoms. The molecule has 0 saturated carbocycles. The van der Waals surface area contributed by atoms with E-state index in [-0.39, 0.29) is 190 Å². The van der Waals surface area contributed by atoms with Gasteiger partial charge in [-0.25, -0.2) is 58.6 Å². The third-order valence-corrected chi connectivity index (χ3v) is 26.1. The Hall–Kier alpha value is -6.86. The van der Waals surface area contributed by atoms with E-state index in [0.29, 0.717) is 69.4 Å². The lowest BCUT2D eigenvalue weighted by atomic mass is 9.85. The zero-order chi connectivity index (χ0) is 87.1. The highest BCUT2D eigenvalue weighted by molar-refractivity contribution is 7.90. The molecule has 0 aromatic heterocycles. The number of hydrogen-bond acceptors (Lipinski definition) is 21. The molecule has 7 amide bonds. The maximum Gasteiger partial charge on any atom is 0.329 e. The molecule has 6 aromatic rings. The summed E-state index contributed by atoms with van der Waals surface area (Å²) in [5.74, 6) is -2.54. The average Bonchev–Trinajstić information content (AvgIpc) is 0.780. The molecule has 0 radical (unpaired) electrons. The van der Waals surface area contributed by atoms with Crippen molar-refractivity contribution in [2.24, 2.45) is 0 Å². The minimum atomic E-state index is -3.92. The first-order valence-corrected chi connectivity index (χ1v) is 46.0. The number of likely N-dealkylation sites (N-methyl/N-ethyl adjacent to an activating group) is 3. The van der Waals surface area contributed by atoms with E-state index in [1.807, 2.05) is 57.5 Å². The van der Waals surface area contributed by atoms with Crippen LogP contribution in [0.3, 0.4) is 0 Å². The third kappa shape index (κ3) is 31.3. The van der Waals surface area contributed by atoms with Gasteiger partial charge in [-0.1, -0.05) is 106 Å². The van der Waals surface area contributed by atoms with Gasteiger partial charge in [0.25, 0.3) is 0 Å². The van der Waals surface area contributed by atoms with Gasteiger partial charge in [-0.3, -0.25) is 4.79 Å². The number of nitrogens with one attached hydrogen (secondary N) is 10. The fourth-order valence-corrected chi connectivity index (χ4v) is 19.2. The van der Waals surface area contributed by atoms with Crippen LogP contribution in [0.1, 0.15) is 87.1 Å². The normalized spacial score (nSPS) is 15.9. The summed E-state index contributed by atoms with van der Waals surface area (Å²) in [4.78, 5) is 71.0. The summed E-state index contributed by atoms with van der Waals surface area (Å²) in [5.41, 5.74) is 6.76. The lowest BCUT2D eigenvalue weighted by Crippen LogP contribution is -2.55. The third-order valence-electron chi connectivity index (χ3n) is 20.0. The van der Waals surface area contributed by atoms with E-state index in [0.717, 1.165) is 50.1 Å². The van der Waals surface area contributed by atoms with E-state index in [2.05, 4.69) is 66.1 Å². The van der Waals surface area contributed by atoms with E-state index in [1.54, 1.807) is 54.6 Å². The highest BCUT2D eigenvalue weighted by atomic mass is 35.5. The molecule has 3 atom stereocenters. The smallest absolute Gasteiger partial charge is 0.329 e. The molecule has 9 rings (SSSR count). The second-order valence-corrected chi connectivity index (χ2v) is 37.0. The van der Waals surface area contributed by atoms with Crippen molar-refractivity contribution in [2.45, 2.75) is 76.9 Å². The second kappa shape index (κ2) is 48.6. The first-order valence-electron chi connectivity index (χ1n) is 39.3. The van der Waals surface area contributed by atoms with Gasteiger partial charge in [-0.05, 0) is 163 Å². The topological polar surface area (TPSA) is 403 Å². The molecular formula is C80H105Cl6N13O19S3. The number of ether oxygens (including phenoxy) is 7. The molecule has 0 spiro atoms. The van der Waals surface area contributed by atoms with Crippen molar-refractivity contribution >= 4 is 130 Å². The molecule has 664 valence electrons. The number of carbonyl (C=O) groups is 5. The predicted molar refractivity (Wildman–Crippen MR) is 461 cm³/mol. The van der Waals surface area contributed by atoms with Crippen LogP contribution >= 0.6 is 69.6 Å². The number of carboxylic acids is 1. The Balaban J connectivity index is 0.692. The van der Waals surface area contributed by atoms with E-state index >= 15 is 0 Å². The molecule has 0 aliphatic carbocycles. The van der Waals surface area contributed by atoms with Crippen LogP contribution in [0.5, 0.6) is 0 Å².